The van der Waals surface area contributed by atoms with E-state index >= 15 is 0 Å². The fraction of sp³-hybridized carbons (Fsp3) is 0.733. The Morgan fingerprint density at radius 2 is 1.90 bits per heavy atom. The minimum absolute atomic E-state index is 0.510. The van der Waals surface area contributed by atoms with Gasteiger partial charge in [-0.3, -0.25) is 0 Å². The molecule has 1 aliphatic rings. The molecule has 20 heavy (non-hydrogen) atoms. The zero-order chi connectivity index (χ0) is 14.4. The average molecular weight is 292 g/mol. The van der Waals surface area contributed by atoms with E-state index in [1.165, 1.54) is 36.1 Å². The van der Waals surface area contributed by atoms with Crippen molar-refractivity contribution in [2.75, 3.05) is 39.3 Å². The predicted molar refractivity (Wildman–Crippen MR) is 83.1 cm³/mol. The Balaban J connectivity index is 1.84. The van der Waals surface area contributed by atoms with Crippen LogP contribution in [0.3, 0.4) is 0 Å². The van der Waals surface area contributed by atoms with E-state index in [4.69, 9.17) is 10.2 Å². The number of piperazine rings is 1. The second kappa shape index (κ2) is 7.72. The standard InChI is InChI=1S/C15H24N4S/c1-3-13-14(5-7-16)20-15(17-13)6-8-19-11-9-18(4-2)10-12-19/h3-6,8-12H2,1-2H3. The van der Waals surface area contributed by atoms with E-state index in [0.717, 1.165) is 31.6 Å². The lowest BCUT2D eigenvalue weighted by atomic mass is 10.2. The Kier molecular flexibility index (Phi) is 5.96. The number of hydrogen-bond acceptors (Lipinski definition) is 5. The van der Waals surface area contributed by atoms with Crippen molar-refractivity contribution in [3.63, 3.8) is 0 Å². The lowest BCUT2D eigenvalue weighted by molar-refractivity contribution is 0.138. The number of aromatic nitrogens is 1. The van der Waals surface area contributed by atoms with Crippen LogP contribution in [0.2, 0.25) is 0 Å². The summed E-state index contributed by atoms with van der Waals surface area (Å²) in [4.78, 5) is 10.9. The molecule has 0 N–H and O–H groups in total. The quantitative estimate of drug-likeness (QED) is 0.804. The molecule has 0 unspecified atom stereocenters. The van der Waals surface area contributed by atoms with Gasteiger partial charge in [-0.2, -0.15) is 5.26 Å². The van der Waals surface area contributed by atoms with Crippen molar-refractivity contribution in [2.45, 2.75) is 33.1 Å². The summed E-state index contributed by atoms with van der Waals surface area (Å²) in [7, 11) is 0. The summed E-state index contributed by atoms with van der Waals surface area (Å²) in [6, 6.07) is 2.24. The third-order valence-corrected chi connectivity index (χ3v) is 5.11. The maximum Gasteiger partial charge on any atom is 0.0944 e. The minimum Gasteiger partial charge on any atom is -0.301 e. The van der Waals surface area contributed by atoms with Gasteiger partial charge in [-0.25, -0.2) is 4.98 Å². The van der Waals surface area contributed by atoms with Gasteiger partial charge in [0.1, 0.15) is 0 Å². The van der Waals surface area contributed by atoms with Gasteiger partial charge in [0.15, 0.2) is 0 Å². The molecule has 0 aromatic carbocycles. The van der Waals surface area contributed by atoms with E-state index in [-0.39, 0.29) is 0 Å². The maximum atomic E-state index is 8.85. The van der Waals surface area contributed by atoms with Gasteiger partial charge in [-0.1, -0.05) is 13.8 Å². The van der Waals surface area contributed by atoms with Crippen LogP contribution in [0.25, 0.3) is 0 Å². The highest BCUT2D eigenvalue weighted by Crippen LogP contribution is 2.20. The summed E-state index contributed by atoms with van der Waals surface area (Å²) < 4.78 is 0. The van der Waals surface area contributed by atoms with E-state index in [0.29, 0.717) is 6.42 Å². The predicted octanol–water partition coefficient (Wildman–Crippen LogP) is 1.95. The molecule has 5 heteroatoms. The van der Waals surface area contributed by atoms with Crippen LogP contribution >= 0.6 is 11.3 Å². The summed E-state index contributed by atoms with van der Waals surface area (Å²) in [5, 5.41) is 10.0. The summed E-state index contributed by atoms with van der Waals surface area (Å²) in [6.07, 6.45) is 2.47. The van der Waals surface area contributed by atoms with Crippen LogP contribution < -0.4 is 0 Å². The molecule has 0 aliphatic carbocycles. The minimum atomic E-state index is 0.510. The van der Waals surface area contributed by atoms with Crippen LogP contribution in [0.5, 0.6) is 0 Å². The van der Waals surface area contributed by atoms with Crippen LogP contribution in [0.1, 0.15) is 29.4 Å². The molecule has 2 heterocycles. The fourth-order valence-corrected chi connectivity index (χ4v) is 3.69. The van der Waals surface area contributed by atoms with Gasteiger partial charge in [0.2, 0.25) is 0 Å². The Hall–Kier alpha value is -0.960. The number of hydrogen-bond donors (Lipinski definition) is 0. The topological polar surface area (TPSA) is 43.2 Å². The molecule has 1 aliphatic heterocycles. The SMILES string of the molecule is CCc1nc(CCN2CCN(CC)CC2)sc1CC#N. The second-order valence-electron chi connectivity index (χ2n) is 5.19. The lowest BCUT2D eigenvalue weighted by Gasteiger charge is -2.33. The molecule has 0 atom stereocenters. The summed E-state index contributed by atoms with van der Waals surface area (Å²) >= 11 is 1.73. The molecule has 2 rings (SSSR count). The van der Waals surface area contributed by atoms with Crippen molar-refractivity contribution in [1.29, 1.82) is 5.26 Å². The molecule has 0 saturated carbocycles. The zero-order valence-corrected chi connectivity index (χ0v) is 13.4. The number of nitriles is 1. The van der Waals surface area contributed by atoms with Crippen molar-refractivity contribution in [1.82, 2.24) is 14.8 Å². The van der Waals surface area contributed by atoms with Crippen molar-refractivity contribution < 1.29 is 0 Å². The normalized spacial score (nSPS) is 17.2. The van der Waals surface area contributed by atoms with E-state index in [2.05, 4.69) is 29.7 Å². The maximum absolute atomic E-state index is 8.85. The lowest BCUT2D eigenvalue weighted by Crippen LogP contribution is -2.46. The first-order chi connectivity index (χ1) is 9.76. The molecular formula is C15H24N4S. The third kappa shape index (κ3) is 4.02. The van der Waals surface area contributed by atoms with Gasteiger partial charge in [0.05, 0.1) is 23.2 Å². The number of aryl methyl sites for hydroxylation is 1. The first kappa shape index (κ1) is 15.4. The zero-order valence-electron chi connectivity index (χ0n) is 12.6. The molecule has 0 spiro atoms. The third-order valence-electron chi connectivity index (χ3n) is 3.95. The summed E-state index contributed by atoms with van der Waals surface area (Å²) in [6.45, 7) is 11.3. The van der Waals surface area contributed by atoms with Gasteiger partial charge < -0.3 is 9.80 Å². The molecule has 1 fully saturated rings. The molecule has 4 nitrogen and oxygen atoms in total. The van der Waals surface area contributed by atoms with E-state index < -0.39 is 0 Å². The highest BCUT2D eigenvalue weighted by atomic mass is 32.1. The van der Waals surface area contributed by atoms with E-state index in [1.807, 2.05) is 0 Å². The smallest absolute Gasteiger partial charge is 0.0944 e. The van der Waals surface area contributed by atoms with Gasteiger partial charge in [0, 0.05) is 44.0 Å². The van der Waals surface area contributed by atoms with Crippen LogP contribution in [0.15, 0.2) is 0 Å². The second-order valence-corrected chi connectivity index (χ2v) is 6.36. The Bertz CT molecular complexity index is 455. The van der Waals surface area contributed by atoms with Crippen molar-refractivity contribution in [3.8, 4) is 6.07 Å². The Labute approximate surface area is 126 Å². The van der Waals surface area contributed by atoms with Crippen molar-refractivity contribution in [2.24, 2.45) is 0 Å². The molecule has 1 saturated heterocycles. The summed E-state index contributed by atoms with van der Waals surface area (Å²) in [5.41, 5.74) is 1.13. The number of nitrogens with zero attached hydrogens (tertiary/aromatic N) is 4. The van der Waals surface area contributed by atoms with Gasteiger partial charge >= 0.3 is 0 Å². The molecule has 1 aromatic heterocycles. The number of rotatable bonds is 6. The molecule has 0 amide bonds. The average Bonchev–Trinajstić information content (AvgIpc) is 2.88. The number of likely N-dealkylation sites (N-methyl/N-ethyl adjacent to an activating group) is 1. The van der Waals surface area contributed by atoms with Gasteiger partial charge in [-0.15, -0.1) is 11.3 Å². The van der Waals surface area contributed by atoms with Crippen molar-refractivity contribution in [3.05, 3.63) is 15.6 Å². The van der Waals surface area contributed by atoms with Crippen LogP contribution in [-0.2, 0) is 19.3 Å². The van der Waals surface area contributed by atoms with Crippen LogP contribution in [-0.4, -0.2) is 54.1 Å². The molecule has 1 aromatic rings. The Morgan fingerprint density at radius 1 is 1.20 bits per heavy atom. The number of thiazole rings is 1. The first-order valence-electron chi connectivity index (χ1n) is 7.55. The van der Waals surface area contributed by atoms with E-state index in [9.17, 15) is 0 Å². The first-order valence-corrected chi connectivity index (χ1v) is 8.37. The largest absolute Gasteiger partial charge is 0.301 e. The molecule has 0 radical (unpaired) electrons. The van der Waals surface area contributed by atoms with Gasteiger partial charge in [-0.05, 0) is 13.0 Å². The molecule has 0 bridgehead atoms. The van der Waals surface area contributed by atoms with E-state index in [1.54, 1.807) is 11.3 Å². The van der Waals surface area contributed by atoms with Crippen LogP contribution in [0.4, 0.5) is 0 Å². The van der Waals surface area contributed by atoms with Crippen LogP contribution in [0, 0.1) is 11.3 Å². The fourth-order valence-electron chi connectivity index (χ4n) is 2.61. The summed E-state index contributed by atoms with van der Waals surface area (Å²) in [5.74, 6) is 0. The Morgan fingerprint density at radius 3 is 2.50 bits per heavy atom. The molecule has 110 valence electrons. The highest BCUT2D eigenvalue weighted by molar-refractivity contribution is 7.11. The molecular weight excluding hydrogens is 268 g/mol. The monoisotopic (exact) mass is 292 g/mol. The van der Waals surface area contributed by atoms with Gasteiger partial charge in [0.25, 0.3) is 0 Å². The highest BCUT2D eigenvalue weighted by Gasteiger charge is 2.16. The van der Waals surface area contributed by atoms with Crippen molar-refractivity contribution >= 4 is 11.3 Å².